The molecule has 1 aromatic rings. The summed E-state index contributed by atoms with van der Waals surface area (Å²) in [6, 6.07) is 6.40. The average Bonchev–Trinajstić information content (AvgIpc) is 2.24. The van der Waals surface area contributed by atoms with Crippen LogP contribution in [0.25, 0.3) is 0 Å². The van der Waals surface area contributed by atoms with Gasteiger partial charge in [-0.05, 0) is 50.0 Å². The SMILES string of the molecule is CCCN(CCC)Cc1ccc(C)c(N)c1. The van der Waals surface area contributed by atoms with Crippen molar-refractivity contribution >= 4 is 5.69 Å². The molecular weight excluding hydrogens is 196 g/mol. The van der Waals surface area contributed by atoms with E-state index in [0.717, 1.165) is 12.2 Å². The molecule has 0 aromatic heterocycles. The Kier molecular flexibility index (Phi) is 5.33. The minimum atomic E-state index is 0.908. The molecule has 2 N–H and O–H groups in total. The van der Waals surface area contributed by atoms with Crippen LogP contribution in [0.4, 0.5) is 5.69 Å². The van der Waals surface area contributed by atoms with E-state index in [1.165, 1.54) is 37.1 Å². The molecule has 0 saturated heterocycles. The highest BCUT2D eigenvalue weighted by Gasteiger charge is 2.04. The Morgan fingerprint density at radius 1 is 1.12 bits per heavy atom. The molecular formula is C14H24N2. The van der Waals surface area contributed by atoms with Crippen LogP contribution < -0.4 is 5.73 Å². The first kappa shape index (κ1) is 13.0. The van der Waals surface area contributed by atoms with Gasteiger partial charge in [0.25, 0.3) is 0 Å². The quantitative estimate of drug-likeness (QED) is 0.746. The van der Waals surface area contributed by atoms with Gasteiger partial charge in [-0.2, -0.15) is 0 Å². The van der Waals surface area contributed by atoms with Gasteiger partial charge in [0.1, 0.15) is 0 Å². The molecule has 1 rings (SSSR count). The minimum Gasteiger partial charge on any atom is -0.399 e. The summed E-state index contributed by atoms with van der Waals surface area (Å²) in [5.41, 5.74) is 9.33. The van der Waals surface area contributed by atoms with Crippen molar-refractivity contribution in [1.82, 2.24) is 4.90 Å². The number of aryl methyl sites for hydroxylation is 1. The maximum absolute atomic E-state index is 5.93. The second-order valence-electron chi connectivity index (χ2n) is 4.47. The smallest absolute Gasteiger partial charge is 0.0346 e. The van der Waals surface area contributed by atoms with Gasteiger partial charge >= 0.3 is 0 Å². The third-order valence-corrected chi connectivity index (χ3v) is 2.83. The number of hydrogen-bond acceptors (Lipinski definition) is 2. The van der Waals surface area contributed by atoms with Crippen molar-refractivity contribution < 1.29 is 0 Å². The van der Waals surface area contributed by atoms with Crippen LogP contribution in [0.2, 0.25) is 0 Å². The van der Waals surface area contributed by atoms with E-state index in [-0.39, 0.29) is 0 Å². The Labute approximate surface area is 99.5 Å². The second kappa shape index (κ2) is 6.54. The van der Waals surface area contributed by atoms with Crippen LogP contribution >= 0.6 is 0 Å². The van der Waals surface area contributed by atoms with E-state index in [1.54, 1.807) is 0 Å². The van der Waals surface area contributed by atoms with Gasteiger partial charge in [-0.15, -0.1) is 0 Å². The highest BCUT2D eigenvalue weighted by atomic mass is 15.1. The standard InChI is InChI=1S/C14H24N2/c1-4-8-16(9-5-2)11-13-7-6-12(3)14(15)10-13/h6-7,10H,4-5,8-9,11,15H2,1-3H3. The van der Waals surface area contributed by atoms with Crippen molar-refractivity contribution in [3.63, 3.8) is 0 Å². The van der Waals surface area contributed by atoms with Gasteiger partial charge in [0.05, 0.1) is 0 Å². The van der Waals surface area contributed by atoms with Crippen LogP contribution in [0.5, 0.6) is 0 Å². The summed E-state index contributed by atoms with van der Waals surface area (Å²) in [7, 11) is 0. The van der Waals surface area contributed by atoms with E-state index in [2.05, 4.69) is 43.9 Å². The molecule has 0 aliphatic rings. The van der Waals surface area contributed by atoms with E-state index >= 15 is 0 Å². The normalized spacial score (nSPS) is 11.0. The summed E-state index contributed by atoms with van der Waals surface area (Å²) >= 11 is 0. The van der Waals surface area contributed by atoms with E-state index in [0.29, 0.717) is 0 Å². The molecule has 0 bridgehead atoms. The highest BCUT2D eigenvalue weighted by molar-refractivity contribution is 5.48. The van der Waals surface area contributed by atoms with E-state index < -0.39 is 0 Å². The fraction of sp³-hybridized carbons (Fsp3) is 0.571. The molecule has 0 aliphatic heterocycles. The van der Waals surface area contributed by atoms with Crippen LogP contribution in [0.15, 0.2) is 18.2 Å². The topological polar surface area (TPSA) is 29.3 Å². The first-order valence-electron chi connectivity index (χ1n) is 6.24. The van der Waals surface area contributed by atoms with Crippen molar-refractivity contribution in [2.75, 3.05) is 18.8 Å². The number of rotatable bonds is 6. The fourth-order valence-corrected chi connectivity index (χ4v) is 1.95. The fourth-order valence-electron chi connectivity index (χ4n) is 1.95. The van der Waals surface area contributed by atoms with Crippen LogP contribution in [-0.2, 0) is 6.54 Å². The second-order valence-corrected chi connectivity index (χ2v) is 4.47. The van der Waals surface area contributed by atoms with Gasteiger partial charge in [-0.25, -0.2) is 0 Å². The molecule has 2 heteroatoms. The molecule has 0 atom stereocenters. The largest absolute Gasteiger partial charge is 0.399 e. The van der Waals surface area contributed by atoms with Crippen molar-refractivity contribution in [2.45, 2.75) is 40.2 Å². The van der Waals surface area contributed by atoms with Crippen LogP contribution in [0.3, 0.4) is 0 Å². The first-order chi connectivity index (χ1) is 7.67. The van der Waals surface area contributed by atoms with Crippen molar-refractivity contribution in [3.8, 4) is 0 Å². The third kappa shape index (κ3) is 3.86. The van der Waals surface area contributed by atoms with Crippen LogP contribution in [0, 0.1) is 6.92 Å². The van der Waals surface area contributed by atoms with Gasteiger partial charge in [0, 0.05) is 12.2 Å². The number of anilines is 1. The third-order valence-electron chi connectivity index (χ3n) is 2.83. The molecule has 0 aliphatic carbocycles. The van der Waals surface area contributed by atoms with Gasteiger partial charge in [-0.3, -0.25) is 4.90 Å². The molecule has 0 amide bonds. The van der Waals surface area contributed by atoms with Gasteiger partial charge < -0.3 is 5.73 Å². The molecule has 0 radical (unpaired) electrons. The van der Waals surface area contributed by atoms with E-state index in [4.69, 9.17) is 5.73 Å². The highest BCUT2D eigenvalue weighted by Crippen LogP contribution is 2.14. The lowest BCUT2D eigenvalue weighted by Gasteiger charge is -2.21. The van der Waals surface area contributed by atoms with Gasteiger partial charge in [0.2, 0.25) is 0 Å². The van der Waals surface area contributed by atoms with E-state index in [1.807, 2.05) is 0 Å². The van der Waals surface area contributed by atoms with Crippen LogP contribution in [-0.4, -0.2) is 18.0 Å². The lowest BCUT2D eigenvalue weighted by atomic mass is 10.1. The molecule has 0 saturated carbocycles. The molecule has 0 spiro atoms. The zero-order valence-electron chi connectivity index (χ0n) is 10.8. The van der Waals surface area contributed by atoms with Crippen molar-refractivity contribution in [3.05, 3.63) is 29.3 Å². The number of nitrogens with two attached hydrogens (primary N) is 1. The molecule has 1 aromatic carbocycles. The molecule has 0 heterocycles. The summed E-state index contributed by atoms with van der Waals surface area (Å²) in [6.45, 7) is 9.86. The van der Waals surface area contributed by atoms with Crippen LogP contribution in [0.1, 0.15) is 37.8 Å². The number of nitrogens with zero attached hydrogens (tertiary/aromatic N) is 1. The van der Waals surface area contributed by atoms with Gasteiger partial charge in [-0.1, -0.05) is 26.0 Å². The molecule has 2 nitrogen and oxygen atoms in total. The monoisotopic (exact) mass is 220 g/mol. The Balaban J connectivity index is 2.65. The first-order valence-corrected chi connectivity index (χ1v) is 6.24. The van der Waals surface area contributed by atoms with Crippen molar-refractivity contribution in [2.24, 2.45) is 0 Å². The zero-order valence-corrected chi connectivity index (χ0v) is 10.8. The lowest BCUT2D eigenvalue weighted by molar-refractivity contribution is 0.266. The number of benzene rings is 1. The van der Waals surface area contributed by atoms with Crippen molar-refractivity contribution in [1.29, 1.82) is 0 Å². The summed E-state index contributed by atoms with van der Waals surface area (Å²) in [6.07, 6.45) is 2.42. The Bertz CT molecular complexity index is 315. The Hall–Kier alpha value is -1.02. The maximum Gasteiger partial charge on any atom is 0.0346 e. The molecule has 90 valence electrons. The Morgan fingerprint density at radius 3 is 2.25 bits per heavy atom. The predicted octanol–water partition coefficient (Wildman–Crippen LogP) is 3.20. The summed E-state index contributed by atoms with van der Waals surface area (Å²) in [4.78, 5) is 2.49. The molecule has 16 heavy (non-hydrogen) atoms. The zero-order chi connectivity index (χ0) is 12.0. The summed E-state index contributed by atoms with van der Waals surface area (Å²) in [5.74, 6) is 0. The lowest BCUT2D eigenvalue weighted by Crippen LogP contribution is -2.24. The minimum absolute atomic E-state index is 0.908. The maximum atomic E-state index is 5.93. The average molecular weight is 220 g/mol. The summed E-state index contributed by atoms with van der Waals surface area (Å²) in [5, 5.41) is 0. The molecule has 0 unspecified atom stereocenters. The predicted molar refractivity (Wildman–Crippen MR) is 71.5 cm³/mol. The van der Waals surface area contributed by atoms with Gasteiger partial charge in [0.15, 0.2) is 0 Å². The molecule has 0 fully saturated rings. The number of nitrogen functional groups attached to an aromatic ring is 1. The summed E-state index contributed by atoms with van der Waals surface area (Å²) < 4.78 is 0. The number of hydrogen-bond donors (Lipinski definition) is 1. The Morgan fingerprint density at radius 2 is 1.75 bits per heavy atom. The van der Waals surface area contributed by atoms with E-state index in [9.17, 15) is 0 Å².